The number of hydrogen-bond acceptors (Lipinski definition) is 3. The standard InChI is InChI=1S/C13H19NO2S/c1-2-14-11-8-9-13(10-11)17(15,16)12-6-4-3-5-7-12/h3-7,11,13-14H,2,8-10H2,1H3. The zero-order valence-corrected chi connectivity index (χ0v) is 10.9. The Balaban J connectivity index is 2.13. The number of rotatable bonds is 4. The molecule has 0 amide bonds. The van der Waals surface area contributed by atoms with Crippen molar-refractivity contribution in [2.45, 2.75) is 42.4 Å². The molecule has 2 atom stereocenters. The van der Waals surface area contributed by atoms with Gasteiger partial charge in [0, 0.05) is 6.04 Å². The summed E-state index contributed by atoms with van der Waals surface area (Å²) in [5.74, 6) is 0. The van der Waals surface area contributed by atoms with Gasteiger partial charge in [0.2, 0.25) is 0 Å². The molecule has 1 aromatic rings. The summed E-state index contributed by atoms with van der Waals surface area (Å²) in [6, 6.07) is 9.15. The second-order valence-electron chi connectivity index (χ2n) is 4.55. The highest BCUT2D eigenvalue weighted by molar-refractivity contribution is 7.92. The molecule has 0 radical (unpaired) electrons. The number of benzene rings is 1. The lowest BCUT2D eigenvalue weighted by Crippen LogP contribution is -2.28. The van der Waals surface area contributed by atoms with Crippen molar-refractivity contribution in [3.63, 3.8) is 0 Å². The van der Waals surface area contributed by atoms with Crippen LogP contribution in [-0.2, 0) is 9.84 Å². The molecule has 17 heavy (non-hydrogen) atoms. The van der Waals surface area contributed by atoms with Crippen LogP contribution in [-0.4, -0.2) is 26.3 Å². The van der Waals surface area contributed by atoms with Gasteiger partial charge in [0.1, 0.15) is 0 Å². The maximum absolute atomic E-state index is 12.4. The molecule has 2 unspecified atom stereocenters. The molecule has 1 fully saturated rings. The summed E-state index contributed by atoms with van der Waals surface area (Å²) in [5, 5.41) is 3.12. The molecule has 0 saturated heterocycles. The van der Waals surface area contributed by atoms with Crippen LogP contribution in [0.15, 0.2) is 35.2 Å². The van der Waals surface area contributed by atoms with Gasteiger partial charge < -0.3 is 5.32 Å². The average Bonchev–Trinajstić information content (AvgIpc) is 2.80. The van der Waals surface area contributed by atoms with Crippen molar-refractivity contribution in [3.05, 3.63) is 30.3 Å². The molecule has 0 aliphatic heterocycles. The molecule has 4 heteroatoms. The normalized spacial score (nSPS) is 25.0. The van der Waals surface area contributed by atoms with E-state index in [9.17, 15) is 8.42 Å². The Hall–Kier alpha value is -0.870. The van der Waals surface area contributed by atoms with Crippen molar-refractivity contribution in [2.24, 2.45) is 0 Å². The van der Waals surface area contributed by atoms with Crippen molar-refractivity contribution < 1.29 is 8.42 Å². The van der Waals surface area contributed by atoms with Gasteiger partial charge in [-0.25, -0.2) is 8.42 Å². The van der Waals surface area contributed by atoms with Crippen LogP contribution in [0.1, 0.15) is 26.2 Å². The fraction of sp³-hybridized carbons (Fsp3) is 0.538. The molecular formula is C13H19NO2S. The first-order valence-corrected chi connectivity index (χ1v) is 7.71. The van der Waals surface area contributed by atoms with Crippen molar-refractivity contribution in [1.29, 1.82) is 0 Å². The fourth-order valence-corrected chi connectivity index (χ4v) is 4.35. The van der Waals surface area contributed by atoms with Crippen molar-refractivity contribution in [2.75, 3.05) is 6.54 Å². The molecule has 1 aliphatic rings. The Bertz CT molecular complexity index is 456. The maximum Gasteiger partial charge on any atom is 0.181 e. The van der Waals surface area contributed by atoms with Gasteiger partial charge >= 0.3 is 0 Å². The minimum atomic E-state index is -3.13. The van der Waals surface area contributed by atoms with E-state index in [1.165, 1.54) is 0 Å². The van der Waals surface area contributed by atoms with Crippen LogP contribution in [0.5, 0.6) is 0 Å². The summed E-state index contributed by atoms with van der Waals surface area (Å²) in [4.78, 5) is 0.460. The first-order chi connectivity index (χ1) is 8.14. The fourth-order valence-electron chi connectivity index (χ4n) is 2.50. The van der Waals surface area contributed by atoms with Crippen LogP contribution in [0.3, 0.4) is 0 Å². The third-order valence-corrected chi connectivity index (χ3v) is 5.62. The second kappa shape index (κ2) is 5.19. The van der Waals surface area contributed by atoms with Crippen LogP contribution < -0.4 is 5.32 Å². The predicted molar refractivity (Wildman–Crippen MR) is 68.7 cm³/mol. The van der Waals surface area contributed by atoms with E-state index in [0.717, 1.165) is 25.8 Å². The third kappa shape index (κ3) is 2.69. The first kappa shape index (κ1) is 12.6. The minimum absolute atomic E-state index is 0.214. The van der Waals surface area contributed by atoms with Gasteiger partial charge in [0.25, 0.3) is 0 Å². The minimum Gasteiger partial charge on any atom is -0.314 e. The van der Waals surface area contributed by atoms with E-state index >= 15 is 0 Å². The van der Waals surface area contributed by atoms with Gasteiger partial charge in [-0.05, 0) is 37.9 Å². The number of nitrogens with one attached hydrogen (secondary N) is 1. The molecule has 0 bridgehead atoms. The predicted octanol–water partition coefficient (Wildman–Crippen LogP) is 1.99. The Labute approximate surface area is 103 Å². The summed E-state index contributed by atoms with van der Waals surface area (Å²) in [6.45, 7) is 2.96. The first-order valence-electron chi connectivity index (χ1n) is 6.17. The molecule has 94 valence electrons. The van der Waals surface area contributed by atoms with Crippen LogP contribution in [0.2, 0.25) is 0 Å². The van der Waals surface area contributed by atoms with Gasteiger partial charge in [0.15, 0.2) is 9.84 Å². The molecule has 0 spiro atoms. The maximum atomic E-state index is 12.4. The summed E-state index contributed by atoms with van der Waals surface area (Å²) in [6.07, 6.45) is 2.48. The van der Waals surface area contributed by atoms with Crippen molar-refractivity contribution >= 4 is 9.84 Å². The second-order valence-corrected chi connectivity index (χ2v) is 6.78. The monoisotopic (exact) mass is 253 g/mol. The van der Waals surface area contributed by atoms with E-state index < -0.39 is 9.84 Å². The lowest BCUT2D eigenvalue weighted by Gasteiger charge is -2.13. The topological polar surface area (TPSA) is 46.2 Å². The molecule has 1 aromatic carbocycles. The lowest BCUT2D eigenvalue weighted by atomic mass is 10.2. The summed E-state index contributed by atoms with van der Waals surface area (Å²) in [7, 11) is -3.13. The molecule has 2 rings (SSSR count). The Morgan fingerprint density at radius 1 is 1.24 bits per heavy atom. The average molecular weight is 253 g/mol. The Kier molecular flexibility index (Phi) is 3.84. The SMILES string of the molecule is CCNC1CCC(S(=O)(=O)c2ccccc2)C1. The summed E-state index contributed by atoms with van der Waals surface area (Å²) < 4.78 is 24.7. The van der Waals surface area contributed by atoms with E-state index in [-0.39, 0.29) is 5.25 Å². The smallest absolute Gasteiger partial charge is 0.181 e. The Morgan fingerprint density at radius 2 is 1.94 bits per heavy atom. The molecule has 1 aliphatic carbocycles. The van der Waals surface area contributed by atoms with Crippen molar-refractivity contribution in [1.82, 2.24) is 5.32 Å². The van der Waals surface area contributed by atoms with Crippen LogP contribution in [0.4, 0.5) is 0 Å². The zero-order chi connectivity index (χ0) is 12.3. The van der Waals surface area contributed by atoms with Gasteiger partial charge in [0.05, 0.1) is 10.1 Å². The van der Waals surface area contributed by atoms with Gasteiger partial charge in [-0.3, -0.25) is 0 Å². The van der Waals surface area contributed by atoms with E-state index in [4.69, 9.17) is 0 Å². The highest BCUT2D eigenvalue weighted by Crippen LogP contribution is 2.29. The summed E-state index contributed by atoms with van der Waals surface area (Å²) >= 11 is 0. The number of sulfone groups is 1. The largest absolute Gasteiger partial charge is 0.314 e. The van der Waals surface area contributed by atoms with E-state index in [1.807, 2.05) is 6.07 Å². The van der Waals surface area contributed by atoms with Crippen LogP contribution in [0, 0.1) is 0 Å². The highest BCUT2D eigenvalue weighted by Gasteiger charge is 2.34. The van der Waals surface area contributed by atoms with Crippen LogP contribution >= 0.6 is 0 Å². The molecule has 1 saturated carbocycles. The van der Waals surface area contributed by atoms with E-state index in [2.05, 4.69) is 12.2 Å². The lowest BCUT2D eigenvalue weighted by molar-refractivity contribution is 0.537. The molecule has 0 heterocycles. The van der Waals surface area contributed by atoms with Gasteiger partial charge in [-0.15, -0.1) is 0 Å². The zero-order valence-electron chi connectivity index (χ0n) is 10.1. The molecule has 0 aromatic heterocycles. The Morgan fingerprint density at radius 3 is 2.59 bits per heavy atom. The molecular weight excluding hydrogens is 234 g/mol. The van der Waals surface area contributed by atoms with Crippen molar-refractivity contribution in [3.8, 4) is 0 Å². The van der Waals surface area contributed by atoms with E-state index in [0.29, 0.717) is 10.9 Å². The molecule has 3 nitrogen and oxygen atoms in total. The highest BCUT2D eigenvalue weighted by atomic mass is 32.2. The molecule has 1 N–H and O–H groups in total. The van der Waals surface area contributed by atoms with Gasteiger partial charge in [-0.1, -0.05) is 25.1 Å². The van der Waals surface area contributed by atoms with E-state index in [1.54, 1.807) is 24.3 Å². The van der Waals surface area contributed by atoms with Gasteiger partial charge in [-0.2, -0.15) is 0 Å². The third-order valence-electron chi connectivity index (χ3n) is 3.39. The summed E-state index contributed by atoms with van der Waals surface area (Å²) in [5.41, 5.74) is 0. The quantitative estimate of drug-likeness (QED) is 0.892. The van der Waals surface area contributed by atoms with Crippen LogP contribution in [0.25, 0.3) is 0 Å². The number of hydrogen-bond donors (Lipinski definition) is 1.